The number of halogens is 1. The zero-order chi connectivity index (χ0) is 13.2. The lowest BCUT2D eigenvalue weighted by molar-refractivity contribution is 0.117. The molecule has 0 aliphatic rings. The third kappa shape index (κ3) is 7.70. The van der Waals surface area contributed by atoms with Gasteiger partial charge in [0.1, 0.15) is 0 Å². The molecule has 0 unspecified atom stereocenters. The molecular formula is C15H24ClNO. The predicted octanol–water partition coefficient (Wildman–Crippen LogP) is 4.02. The van der Waals surface area contributed by atoms with Crippen LogP contribution in [0.3, 0.4) is 0 Å². The summed E-state index contributed by atoms with van der Waals surface area (Å²) in [5.74, 6) is 0. The Balaban J connectivity index is 1.96. The lowest BCUT2D eigenvalue weighted by Crippen LogP contribution is -2.23. The van der Waals surface area contributed by atoms with Gasteiger partial charge >= 0.3 is 0 Å². The highest BCUT2D eigenvalue weighted by molar-refractivity contribution is 6.30. The van der Waals surface area contributed by atoms with Crippen LogP contribution in [-0.2, 0) is 11.3 Å². The number of benzene rings is 1. The first-order valence-corrected chi connectivity index (χ1v) is 7.12. The minimum Gasteiger partial charge on any atom is -0.377 e. The Hall–Kier alpha value is -0.570. The molecule has 0 saturated heterocycles. The van der Waals surface area contributed by atoms with Crippen LogP contribution in [0.4, 0.5) is 0 Å². The Morgan fingerprint density at radius 3 is 2.78 bits per heavy atom. The maximum atomic E-state index is 5.91. The van der Waals surface area contributed by atoms with Gasteiger partial charge in [0.25, 0.3) is 0 Å². The van der Waals surface area contributed by atoms with E-state index in [9.17, 15) is 0 Å². The second kappa shape index (κ2) is 9.37. The first-order chi connectivity index (χ1) is 8.68. The molecule has 1 aromatic carbocycles. The van der Waals surface area contributed by atoms with Crippen molar-refractivity contribution < 1.29 is 4.74 Å². The molecule has 2 nitrogen and oxygen atoms in total. The highest BCUT2D eigenvalue weighted by atomic mass is 35.5. The summed E-state index contributed by atoms with van der Waals surface area (Å²) in [7, 11) is 0. The third-order valence-electron chi connectivity index (χ3n) is 2.68. The Morgan fingerprint density at radius 2 is 2.06 bits per heavy atom. The van der Waals surface area contributed by atoms with Gasteiger partial charge in [0, 0.05) is 17.7 Å². The lowest BCUT2D eigenvalue weighted by atomic mass is 10.2. The van der Waals surface area contributed by atoms with Crippen LogP contribution in [0.2, 0.25) is 5.02 Å². The number of ether oxygens (including phenoxy) is 1. The topological polar surface area (TPSA) is 21.3 Å². The van der Waals surface area contributed by atoms with Gasteiger partial charge in [-0.3, -0.25) is 0 Å². The van der Waals surface area contributed by atoms with Gasteiger partial charge < -0.3 is 10.1 Å². The van der Waals surface area contributed by atoms with E-state index in [4.69, 9.17) is 16.3 Å². The number of rotatable bonds is 9. The van der Waals surface area contributed by atoms with Crippen molar-refractivity contribution in [2.24, 2.45) is 0 Å². The number of nitrogens with one attached hydrogen (secondary N) is 1. The highest BCUT2D eigenvalue weighted by Crippen LogP contribution is 2.11. The summed E-state index contributed by atoms with van der Waals surface area (Å²) in [4.78, 5) is 0. The van der Waals surface area contributed by atoms with Gasteiger partial charge in [-0.2, -0.15) is 0 Å². The van der Waals surface area contributed by atoms with Crippen molar-refractivity contribution >= 4 is 11.6 Å². The lowest BCUT2D eigenvalue weighted by Gasteiger charge is -2.08. The molecular weight excluding hydrogens is 246 g/mol. The van der Waals surface area contributed by atoms with E-state index in [-0.39, 0.29) is 0 Å². The highest BCUT2D eigenvalue weighted by Gasteiger charge is 1.96. The smallest absolute Gasteiger partial charge is 0.0717 e. The van der Waals surface area contributed by atoms with E-state index >= 15 is 0 Å². The molecule has 0 radical (unpaired) electrons. The summed E-state index contributed by atoms with van der Waals surface area (Å²) < 4.78 is 5.62. The zero-order valence-electron chi connectivity index (χ0n) is 11.4. The number of hydrogen-bond donors (Lipinski definition) is 1. The number of unbranched alkanes of at least 4 members (excludes halogenated alkanes) is 2. The predicted molar refractivity (Wildman–Crippen MR) is 78.1 cm³/mol. The van der Waals surface area contributed by atoms with E-state index in [0.717, 1.165) is 30.2 Å². The molecule has 0 heterocycles. The summed E-state index contributed by atoms with van der Waals surface area (Å²) >= 11 is 5.91. The minimum atomic E-state index is 0.587. The van der Waals surface area contributed by atoms with Crippen LogP contribution >= 0.6 is 11.6 Å². The average molecular weight is 270 g/mol. The molecule has 0 atom stereocenters. The van der Waals surface area contributed by atoms with Gasteiger partial charge in [0.2, 0.25) is 0 Å². The SMILES string of the molecule is CC(C)NCCCCCOCc1cccc(Cl)c1. The second-order valence-electron chi connectivity index (χ2n) is 4.85. The Morgan fingerprint density at radius 1 is 1.22 bits per heavy atom. The molecule has 0 bridgehead atoms. The van der Waals surface area contributed by atoms with Crippen molar-refractivity contribution in [1.29, 1.82) is 0 Å². The summed E-state index contributed by atoms with van der Waals surface area (Å²) in [6.07, 6.45) is 3.56. The van der Waals surface area contributed by atoms with Crippen molar-refractivity contribution in [1.82, 2.24) is 5.32 Å². The van der Waals surface area contributed by atoms with Crippen LogP contribution in [-0.4, -0.2) is 19.2 Å². The van der Waals surface area contributed by atoms with E-state index in [0.29, 0.717) is 12.6 Å². The standard InChI is InChI=1S/C15H24ClNO/c1-13(2)17-9-4-3-5-10-18-12-14-7-6-8-15(16)11-14/h6-8,11,13,17H,3-5,9-10,12H2,1-2H3. The zero-order valence-corrected chi connectivity index (χ0v) is 12.2. The van der Waals surface area contributed by atoms with Gasteiger partial charge in [0.15, 0.2) is 0 Å². The largest absolute Gasteiger partial charge is 0.377 e. The fourth-order valence-electron chi connectivity index (χ4n) is 1.71. The molecule has 0 fully saturated rings. The molecule has 0 aliphatic heterocycles. The van der Waals surface area contributed by atoms with Crippen LogP contribution < -0.4 is 5.32 Å². The second-order valence-corrected chi connectivity index (χ2v) is 5.29. The molecule has 18 heavy (non-hydrogen) atoms. The molecule has 0 amide bonds. The van der Waals surface area contributed by atoms with Gasteiger partial charge in [-0.15, -0.1) is 0 Å². The fraction of sp³-hybridized carbons (Fsp3) is 0.600. The Labute approximate surface area is 116 Å². The Bertz CT molecular complexity index is 328. The Kier molecular flexibility index (Phi) is 8.06. The minimum absolute atomic E-state index is 0.587. The van der Waals surface area contributed by atoms with Crippen LogP contribution in [0.1, 0.15) is 38.7 Å². The van der Waals surface area contributed by atoms with Gasteiger partial charge in [0.05, 0.1) is 6.61 Å². The summed E-state index contributed by atoms with van der Waals surface area (Å²) in [5, 5.41) is 4.19. The monoisotopic (exact) mass is 269 g/mol. The van der Waals surface area contributed by atoms with Crippen LogP contribution in [0, 0.1) is 0 Å². The first-order valence-electron chi connectivity index (χ1n) is 6.74. The quantitative estimate of drug-likeness (QED) is 0.684. The van der Waals surface area contributed by atoms with Crippen molar-refractivity contribution in [3.63, 3.8) is 0 Å². The van der Waals surface area contributed by atoms with Crippen molar-refractivity contribution in [3.05, 3.63) is 34.9 Å². The molecule has 102 valence electrons. The normalized spacial score (nSPS) is 11.1. The van der Waals surface area contributed by atoms with Crippen LogP contribution in [0.15, 0.2) is 24.3 Å². The van der Waals surface area contributed by atoms with E-state index < -0.39 is 0 Å². The molecule has 0 aromatic heterocycles. The average Bonchev–Trinajstić information content (AvgIpc) is 2.32. The summed E-state index contributed by atoms with van der Waals surface area (Å²) in [6, 6.07) is 8.42. The maximum Gasteiger partial charge on any atom is 0.0717 e. The third-order valence-corrected chi connectivity index (χ3v) is 2.91. The fourth-order valence-corrected chi connectivity index (χ4v) is 1.93. The molecule has 1 N–H and O–H groups in total. The van der Waals surface area contributed by atoms with Gasteiger partial charge in [-0.25, -0.2) is 0 Å². The molecule has 0 saturated carbocycles. The van der Waals surface area contributed by atoms with Crippen molar-refractivity contribution in [2.45, 2.75) is 45.8 Å². The summed E-state index contributed by atoms with van der Waals surface area (Å²) in [6.45, 7) is 6.94. The van der Waals surface area contributed by atoms with Crippen molar-refractivity contribution in [3.8, 4) is 0 Å². The van der Waals surface area contributed by atoms with Crippen molar-refractivity contribution in [2.75, 3.05) is 13.2 Å². The van der Waals surface area contributed by atoms with E-state index in [2.05, 4.69) is 19.2 Å². The summed E-state index contributed by atoms with van der Waals surface area (Å²) in [5.41, 5.74) is 1.14. The molecule has 1 rings (SSSR count). The molecule has 0 spiro atoms. The van der Waals surface area contributed by atoms with E-state index in [1.165, 1.54) is 12.8 Å². The van der Waals surface area contributed by atoms with Crippen LogP contribution in [0.5, 0.6) is 0 Å². The van der Waals surface area contributed by atoms with Gasteiger partial charge in [-0.05, 0) is 43.5 Å². The van der Waals surface area contributed by atoms with Gasteiger partial charge in [-0.1, -0.05) is 37.6 Å². The molecule has 1 aromatic rings. The van der Waals surface area contributed by atoms with E-state index in [1.54, 1.807) is 0 Å². The van der Waals surface area contributed by atoms with E-state index in [1.807, 2.05) is 24.3 Å². The molecule has 3 heteroatoms. The number of hydrogen-bond acceptors (Lipinski definition) is 2. The first kappa shape index (κ1) is 15.5. The maximum absolute atomic E-state index is 5.91. The molecule has 0 aliphatic carbocycles. The van der Waals surface area contributed by atoms with Crippen LogP contribution in [0.25, 0.3) is 0 Å².